The van der Waals surface area contributed by atoms with Gasteiger partial charge in [0, 0.05) is 0 Å². The molecule has 90 valence electrons. The number of aliphatic hydroxyl groups is 1. The normalized spacial score (nSPS) is 13.6. The third-order valence-electron chi connectivity index (χ3n) is 2.46. The predicted molar refractivity (Wildman–Crippen MR) is 64.4 cm³/mol. The van der Waals surface area contributed by atoms with Crippen molar-refractivity contribution in [2.45, 2.75) is 32.3 Å². The highest BCUT2D eigenvalue weighted by Crippen LogP contribution is 2.30. The Kier molecular flexibility index (Phi) is 4.33. The first-order valence-corrected chi connectivity index (χ1v) is 5.64. The molecule has 0 radical (unpaired) electrons. The van der Waals surface area contributed by atoms with Crippen LogP contribution in [0.1, 0.15) is 26.3 Å². The van der Waals surface area contributed by atoms with Crippen molar-refractivity contribution in [2.24, 2.45) is 0 Å². The van der Waals surface area contributed by atoms with Gasteiger partial charge in [0.05, 0.1) is 0 Å². The van der Waals surface area contributed by atoms with Crippen LogP contribution in [0.4, 0.5) is 0 Å². The molecule has 0 aromatic heterocycles. The highest BCUT2D eigenvalue weighted by molar-refractivity contribution is 5.38. The van der Waals surface area contributed by atoms with Gasteiger partial charge in [-0.2, -0.15) is 0 Å². The van der Waals surface area contributed by atoms with E-state index in [0.717, 1.165) is 11.3 Å². The molecule has 0 aliphatic rings. The predicted octanol–water partition coefficient (Wildman–Crippen LogP) is 0.966. The van der Waals surface area contributed by atoms with Crippen molar-refractivity contribution in [3.05, 3.63) is 29.8 Å². The lowest BCUT2D eigenvalue weighted by atomic mass is 9.86. The summed E-state index contributed by atoms with van der Waals surface area (Å²) in [7, 11) is 0. The Morgan fingerprint density at radius 1 is 1.31 bits per heavy atom. The first-order valence-electron chi connectivity index (χ1n) is 5.64. The summed E-state index contributed by atoms with van der Waals surface area (Å²) in [6.45, 7) is 7.21. The maximum atomic E-state index is 9.43. The molecule has 0 fully saturated rings. The topological polar surface area (TPSA) is 57.1 Å². The van der Waals surface area contributed by atoms with Crippen molar-refractivity contribution in [2.75, 3.05) is 13.2 Å². The van der Waals surface area contributed by atoms with E-state index in [2.05, 4.69) is 32.6 Å². The largest absolute Gasteiger partial charge is 0.490 e. The third kappa shape index (κ3) is 3.51. The highest BCUT2D eigenvalue weighted by Gasteiger charge is 2.18. The minimum Gasteiger partial charge on any atom is -0.490 e. The highest BCUT2D eigenvalue weighted by atomic mass is 16.5. The van der Waals surface area contributed by atoms with E-state index in [9.17, 15) is 5.11 Å². The van der Waals surface area contributed by atoms with Crippen molar-refractivity contribution < 1.29 is 15.6 Å². The Hall–Kier alpha value is -1.06. The van der Waals surface area contributed by atoms with Gasteiger partial charge in [-0.25, -0.2) is 0 Å². The number of ether oxygens (including phenoxy) is 1. The number of hydrogen-bond acceptors (Lipinski definition) is 2. The van der Waals surface area contributed by atoms with Crippen molar-refractivity contribution in [1.82, 2.24) is 0 Å². The zero-order chi connectivity index (χ0) is 12.2. The molecule has 3 nitrogen and oxygen atoms in total. The van der Waals surface area contributed by atoms with E-state index < -0.39 is 6.10 Å². The Balaban J connectivity index is 2.80. The molecule has 0 aliphatic heterocycles. The average Bonchev–Trinajstić information content (AvgIpc) is 2.25. The monoisotopic (exact) mass is 224 g/mol. The van der Waals surface area contributed by atoms with Gasteiger partial charge in [0.15, 0.2) is 0 Å². The van der Waals surface area contributed by atoms with E-state index in [1.165, 1.54) is 0 Å². The number of rotatable bonds is 4. The number of hydrogen-bond donors (Lipinski definition) is 2. The molecule has 1 aromatic carbocycles. The molecule has 0 aliphatic carbocycles. The lowest BCUT2D eigenvalue weighted by molar-refractivity contribution is -0.384. The van der Waals surface area contributed by atoms with E-state index in [1.807, 2.05) is 18.2 Å². The molecule has 0 spiro atoms. The first kappa shape index (κ1) is 13.0. The zero-order valence-electron chi connectivity index (χ0n) is 10.4. The molecule has 0 unspecified atom stereocenters. The van der Waals surface area contributed by atoms with E-state index >= 15 is 0 Å². The molecule has 16 heavy (non-hydrogen) atoms. The number of para-hydroxylation sites is 1. The summed E-state index contributed by atoms with van der Waals surface area (Å²) in [5.74, 6) is 0.850. The maximum Gasteiger partial charge on any atom is 0.136 e. The van der Waals surface area contributed by atoms with Crippen molar-refractivity contribution in [3.63, 3.8) is 0 Å². The van der Waals surface area contributed by atoms with Gasteiger partial charge in [0.25, 0.3) is 0 Å². The number of benzene rings is 1. The average molecular weight is 224 g/mol. The Morgan fingerprint density at radius 3 is 2.50 bits per heavy atom. The van der Waals surface area contributed by atoms with Gasteiger partial charge < -0.3 is 15.6 Å². The summed E-state index contributed by atoms with van der Waals surface area (Å²) in [5.41, 5.74) is 4.85. The molecule has 1 rings (SSSR count). The maximum absolute atomic E-state index is 9.43. The summed E-state index contributed by atoms with van der Waals surface area (Å²) in [4.78, 5) is 0. The van der Waals surface area contributed by atoms with Gasteiger partial charge in [0.1, 0.15) is 25.0 Å². The summed E-state index contributed by atoms with van der Waals surface area (Å²) in [6, 6.07) is 7.95. The van der Waals surface area contributed by atoms with Crippen LogP contribution in [0.2, 0.25) is 0 Å². The smallest absolute Gasteiger partial charge is 0.136 e. The van der Waals surface area contributed by atoms with Crippen LogP contribution >= 0.6 is 0 Å². The van der Waals surface area contributed by atoms with Crippen molar-refractivity contribution >= 4 is 0 Å². The van der Waals surface area contributed by atoms with E-state index in [-0.39, 0.29) is 5.41 Å². The van der Waals surface area contributed by atoms with Gasteiger partial charge in [-0.15, -0.1) is 0 Å². The van der Waals surface area contributed by atoms with Crippen LogP contribution in [0, 0.1) is 0 Å². The summed E-state index contributed by atoms with van der Waals surface area (Å²) in [6.07, 6.45) is -0.493. The molecule has 0 heterocycles. The fraction of sp³-hybridized carbons (Fsp3) is 0.538. The summed E-state index contributed by atoms with van der Waals surface area (Å²) >= 11 is 0. The number of quaternary nitrogens is 1. The lowest BCUT2D eigenvalue weighted by Crippen LogP contribution is -2.56. The van der Waals surface area contributed by atoms with Crippen LogP contribution in [0.5, 0.6) is 5.75 Å². The summed E-state index contributed by atoms with van der Waals surface area (Å²) < 4.78 is 5.63. The van der Waals surface area contributed by atoms with Crippen LogP contribution in [-0.4, -0.2) is 24.4 Å². The van der Waals surface area contributed by atoms with Gasteiger partial charge >= 0.3 is 0 Å². The van der Waals surface area contributed by atoms with Crippen LogP contribution in [0.3, 0.4) is 0 Å². The van der Waals surface area contributed by atoms with Crippen molar-refractivity contribution in [3.8, 4) is 5.75 Å². The summed E-state index contributed by atoms with van der Waals surface area (Å²) in [5, 5.41) is 9.43. The molecule has 0 amide bonds. The van der Waals surface area contributed by atoms with Crippen molar-refractivity contribution in [1.29, 1.82) is 0 Å². The second kappa shape index (κ2) is 5.32. The van der Waals surface area contributed by atoms with E-state index in [0.29, 0.717) is 13.2 Å². The minimum atomic E-state index is -0.493. The Morgan fingerprint density at radius 2 is 1.94 bits per heavy atom. The van der Waals surface area contributed by atoms with E-state index in [4.69, 9.17) is 4.74 Å². The second-order valence-electron chi connectivity index (χ2n) is 5.00. The van der Waals surface area contributed by atoms with Gasteiger partial charge in [-0.05, 0) is 17.0 Å². The van der Waals surface area contributed by atoms with Crippen LogP contribution in [0.15, 0.2) is 24.3 Å². The van der Waals surface area contributed by atoms with Gasteiger partial charge in [-0.1, -0.05) is 39.0 Å². The molecular formula is C13H22NO2+. The molecule has 0 bridgehead atoms. The standard InChI is InChI=1S/C13H21NO2/c1-13(2,3)11-6-4-5-7-12(11)16-9-10(15)8-14/h4-7,10,15H,8-9,14H2,1-3H3/p+1/t10-/m1/s1. The Labute approximate surface area is 97.2 Å². The molecule has 0 saturated heterocycles. The van der Waals surface area contributed by atoms with Crippen LogP contribution in [-0.2, 0) is 5.41 Å². The lowest BCUT2D eigenvalue weighted by Gasteiger charge is -2.23. The van der Waals surface area contributed by atoms with E-state index in [1.54, 1.807) is 0 Å². The first-order chi connectivity index (χ1) is 7.45. The second-order valence-corrected chi connectivity index (χ2v) is 5.00. The fourth-order valence-electron chi connectivity index (χ4n) is 1.48. The van der Waals surface area contributed by atoms with Gasteiger partial charge in [-0.3, -0.25) is 0 Å². The molecule has 0 saturated carbocycles. The molecular weight excluding hydrogens is 202 g/mol. The SMILES string of the molecule is CC(C)(C)c1ccccc1OC[C@H](O)C[NH3+]. The van der Waals surface area contributed by atoms with Gasteiger partial charge in [0.2, 0.25) is 0 Å². The molecule has 3 heteroatoms. The zero-order valence-corrected chi connectivity index (χ0v) is 10.4. The third-order valence-corrected chi connectivity index (χ3v) is 2.46. The van der Waals surface area contributed by atoms with Crippen LogP contribution in [0.25, 0.3) is 0 Å². The fourth-order valence-corrected chi connectivity index (χ4v) is 1.48. The minimum absolute atomic E-state index is 0.0476. The number of aliphatic hydroxyl groups excluding tert-OH is 1. The molecule has 1 aromatic rings. The Bertz CT molecular complexity index is 331. The molecule has 1 atom stereocenters. The quantitative estimate of drug-likeness (QED) is 0.800. The molecule has 4 N–H and O–H groups in total. The van der Waals surface area contributed by atoms with Crippen LogP contribution < -0.4 is 10.5 Å².